The van der Waals surface area contributed by atoms with Gasteiger partial charge in [0.05, 0.1) is 5.52 Å². The number of nitrogens with zero attached hydrogens (tertiary/aromatic N) is 2. The van der Waals surface area contributed by atoms with E-state index in [4.69, 9.17) is 4.98 Å². The van der Waals surface area contributed by atoms with Crippen molar-refractivity contribution in [2.75, 3.05) is 23.3 Å². The van der Waals surface area contributed by atoms with Crippen LogP contribution in [0.4, 0.5) is 5.82 Å². The molecule has 1 heterocycles. The molecule has 3 heteroatoms. The number of anilines is 1. The van der Waals surface area contributed by atoms with Crippen molar-refractivity contribution < 1.29 is 0 Å². The van der Waals surface area contributed by atoms with E-state index in [0.29, 0.717) is 0 Å². The summed E-state index contributed by atoms with van der Waals surface area (Å²) >= 11 is 3.52. The number of hydrogen-bond donors (Lipinski definition) is 0. The molecule has 0 fully saturated rings. The Bertz CT molecular complexity index is 499. The Hall–Kier alpha value is -1.09. The number of para-hydroxylation sites is 1. The largest absolute Gasteiger partial charge is 0.356 e. The predicted molar refractivity (Wildman–Crippen MR) is 82.7 cm³/mol. The summed E-state index contributed by atoms with van der Waals surface area (Å²) in [6, 6.07) is 12.6. The maximum atomic E-state index is 4.75. The maximum Gasteiger partial charge on any atom is 0.129 e. The van der Waals surface area contributed by atoms with Gasteiger partial charge in [-0.15, -0.1) is 0 Å². The van der Waals surface area contributed by atoms with Crippen molar-refractivity contribution in [2.45, 2.75) is 19.8 Å². The zero-order valence-electron chi connectivity index (χ0n) is 10.8. The van der Waals surface area contributed by atoms with E-state index in [9.17, 15) is 0 Å². The number of unbranched alkanes of at least 4 members (excludes halogenated alkanes) is 1. The first-order chi connectivity index (χ1) is 8.85. The van der Waals surface area contributed by atoms with Crippen LogP contribution in [0, 0.1) is 0 Å². The van der Waals surface area contributed by atoms with Gasteiger partial charge in [-0.25, -0.2) is 4.98 Å². The number of fused-ring (bicyclic) bond motifs is 1. The molecule has 2 nitrogen and oxygen atoms in total. The molecule has 0 saturated carbocycles. The van der Waals surface area contributed by atoms with Gasteiger partial charge >= 0.3 is 0 Å². The first-order valence-electron chi connectivity index (χ1n) is 6.52. The van der Waals surface area contributed by atoms with Crippen LogP contribution in [0.5, 0.6) is 0 Å². The van der Waals surface area contributed by atoms with Gasteiger partial charge in [0.1, 0.15) is 5.82 Å². The first-order valence-corrected chi connectivity index (χ1v) is 7.64. The SMILES string of the molecule is CCCCN(CCBr)c1ccc2ccccc2n1. The molecule has 96 valence electrons. The minimum absolute atomic E-state index is 0.977. The van der Waals surface area contributed by atoms with Crippen molar-refractivity contribution in [3.8, 4) is 0 Å². The number of pyridine rings is 1. The zero-order valence-corrected chi connectivity index (χ0v) is 12.4. The Kier molecular flexibility index (Phi) is 5.00. The lowest BCUT2D eigenvalue weighted by atomic mass is 10.2. The summed E-state index contributed by atoms with van der Waals surface area (Å²) in [4.78, 5) is 7.10. The average Bonchev–Trinajstić information content (AvgIpc) is 2.43. The predicted octanol–water partition coefficient (Wildman–Crippen LogP) is 4.24. The van der Waals surface area contributed by atoms with Crippen molar-refractivity contribution in [2.24, 2.45) is 0 Å². The van der Waals surface area contributed by atoms with Crippen LogP contribution in [-0.2, 0) is 0 Å². The van der Waals surface area contributed by atoms with Crippen molar-refractivity contribution in [1.29, 1.82) is 0 Å². The molecule has 0 saturated heterocycles. The van der Waals surface area contributed by atoms with Crippen LogP contribution in [0.15, 0.2) is 36.4 Å². The quantitative estimate of drug-likeness (QED) is 0.742. The molecular weight excluding hydrogens is 288 g/mol. The molecule has 0 aliphatic carbocycles. The zero-order chi connectivity index (χ0) is 12.8. The van der Waals surface area contributed by atoms with E-state index in [1.165, 1.54) is 18.2 Å². The lowest BCUT2D eigenvalue weighted by Gasteiger charge is -2.22. The number of alkyl halides is 1. The molecule has 0 radical (unpaired) electrons. The minimum atomic E-state index is 0.977. The summed E-state index contributed by atoms with van der Waals surface area (Å²) in [5.74, 6) is 1.08. The third kappa shape index (κ3) is 3.22. The molecule has 0 aliphatic heterocycles. The van der Waals surface area contributed by atoms with Crippen molar-refractivity contribution in [3.05, 3.63) is 36.4 Å². The van der Waals surface area contributed by atoms with Crippen LogP contribution in [-0.4, -0.2) is 23.4 Å². The highest BCUT2D eigenvalue weighted by Crippen LogP contribution is 2.18. The molecule has 18 heavy (non-hydrogen) atoms. The Morgan fingerprint density at radius 1 is 1.11 bits per heavy atom. The maximum absolute atomic E-state index is 4.75. The van der Waals surface area contributed by atoms with Gasteiger partial charge < -0.3 is 4.90 Å². The Morgan fingerprint density at radius 2 is 1.94 bits per heavy atom. The fraction of sp³-hybridized carbons (Fsp3) is 0.400. The molecule has 0 aliphatic rings. The van der Waals surface area contributed by atoms with Crippen LogP contribution in [0.2, 0.25) is 0 Å². The summed E-state index contributed by atoms with van der Waals surface area (Å²) in [6.45, 7) is 4.30. The van der Waals surface area contributed by atoms with E-state index < -0.39 is 0 Å². The summed E-state index contributed by atoms with van der Waals surface area (Å²) in [5, 5.41) is 2.18. The van der Waals surface area contributed by atoms with Crippen LogP contribution >= 0.6 is 15.9 Å². The van der Waals surface area contributed by atoms with Crippen LogP contribution in [0.3, 0.4) is 0 Å². The molecule has 2 rings (SSSR count). The topological polar surface area (TPSA) is 16.1 Å². The molecule has 0 atom stereocenters. The van der Waals surface area contributed by atoms with Crippen molar-refractivity contribution in [1.82, 2.24) is 4.98 Å². The number of rotatable bonds is 6. The Balaban J connectivity index is 2.25. The molecule has 0 bridgehead atoms. The first kappa shape index (κ1) is 13.3. The molecule has 1 aromatic carbocycles. The van der Waals surface area contributed by atoms with E-state index >= 15 is 0 Å². The highest BCUT2D eigenvalue weighted by Gasteiger charge is 2.07. The fourth-order valence-corrected chi connectivity index (χ4v) is 2.45. The standard InChI is InChI=1S/C15H19BrN2/c1-2-3-11-18(12-10-16)15-9-8-13-6-4-5-7-14(13)17-15/h4-9H,2-3,10-12H2,1H3. The molecular formula is C15H19BrN2. The molecule has 0 unspecified atom stereocenters. The summed E-state index contributed by atoms with van der Waals surface area (Å²) in [6.07, 6.45) is 2.42. The highest BCUT2D eigenvalue weighted by atomic mass is 79.9. The summed E-state index contributed by atoms with van der Waals surface area (Å²) < 4.78 is 0. The third-order valence-electron chi connectivity index (χ3n) is 3.04. The van der Waals surface area contributed by atoms with Crippen molar-refractivity contribution in [3.63, 3.8) is 0 Å². The third-order valence-corrected chi connectivity index (χ3v) is 3.40. The van der Waals surface area contributed by atoms with Gasteiger partial charge in [-0.2, -0.15) is 0 Å². The number of benzene rings is 1. The molecule has 0 N–H and O–H groups in total. The normalized spacial score (nSPS) is 10.8. The smallest absolute Gasteiger partial charge is 0.129 e. The average molecular weight is 307 g/mol. The monoisotopic (exact) mass is 306 g/mol. The Morgan fingerprint density at radius 3 is 2.72 bits per heavy atom. The van der Waals surface area contributed by atoms with E-state index in [2.05, 4.69) is 58.1 Å². The molecule has 2 aromatic rings. The van der Waals surface area contributed by atoms with Gasteiger partial charge in [-0.3, -0.25) is 0 Å². The van der Waals surface area contributed by atoms with E-state index in [0.717, 1.165) is 29.8 Å². The molecule has 0 spiro atoms. The van der Waals surface area contributed by atoms with E-state index in [1.54, 1.807) is 0 Å². The number of halogens is 1. The lowest BCUT2D eigenvalue weighted by molar-refractivity contribution is 0.729. The van der Waals surface area contributed by atoms with Gasteiger partial charge in [0.15, 0.2) is 0 Å². The second-order valence-corrected chi connectivity index (χ2v) is 5.18. The van der Waals surface area contributed by atoms with Gasteiger partial charge in [0, 0.05) is 23.8 Å². The van der Waals surface area contributed by atoms with Crippen molar-refractivity contribution >= 4 is 32.7 Å². The van der Waals surface area contributed by atoms with Crippen LogP contribution in [0.1, 0.15) is 19.8 Å². The van der Waals surface area contributed by atoms with E-state index in [-0.39, 0.29) is 0 Å². The summed E-state index contributed by atoms with van der Waals surface area (Å²) in [7, 11) is 0. The fourth-order valence-electron chi connectivity index (χ4n) is 2.02. The number of aromatic nitrogens is 1. The van der Waals surface area contributed by atoms with Crippen LogP contribution < -0.4 is 4.90 Å². The summed E-state index contributed by atoms with van der Waals surface area (Å²) in [5.41, 5.74) is 1.08. The van der Waals surface area contributed by atoms with Gasteiger partial charge in [0.25, 0.3) is 0 Å². The second-order valence-electron chi connectivity index (χ2n) is 4.39. The van der Waals surface area contributed by atoms with E-state index in [1.807, 2.05) is 6.07 Å². The lowest BCUT2D eigenvalue weighted by Crippen LogP contribution is -2.27. The highest BCUT2D eigenvalue weighted by molar-refractivity contribution is 9.09. The Labute approximate surface area is 117 Å². The van der Waals surface area contributed by atoms with Gasteiger partial charge in [0.2, 0.25) is 0 Å². The minimum Gasteiger partial charge on any atom is -0.356 e. The van der Waals surface area contributed by atoms with Crippen LogP contribution in [0.25, 0.3) is 10.9 Å². The molecule has 0 amide bonds. The molecule has 1 aromatic heterocycles. The van der Waals surface area contributed by atoms with Gasteiger partial charge in [-0.05, 0) is 24.6 Å². The second kappa shape index (κ2) is 6.74. The van der Waals surface area contributed by atoms with Gasteiger partial charge in [-0.1, -0.05) is 47.5 Å². The number of hydrogen-bond acceptors (Lipinski definition) is 2.